The van der Waals surface area contributed by atoms with Gasteiger partial charge in [0.2, 0.25) is 0 Å². The van der Waals surface area contributed by atoms with Crippen LogP contribution in [0.4, 0.5) is 0 Å². The Hall–Kier alpha value is -1.26. The fraction of sp³-hybridized carbons (Fsp3) is 0.571. The summed E-state index contributed by atoms with van der Waals surface area (Å²) in [6, 6.07) is 6.58. The number of hydrogen-bond donors (Lipinski definition) is 1. The van der Waals surface area contributed by atoms with Gasteiger partial charge in [0, 0.05) is 43.9 Å². The number of hydrogen-bond acceptors (Lipinski definition) is 4. The Morgan fingerprint density at radius 2 is 2.17 bits per heavy atom. The van der Waals surface area contributed by atoms with E-state index in [-0.39, 0.29) is 0 Å². The maximum Gasteiger partial charge on any atom is 0.127 e. The summed E-state index contributed by atoms with van der Waals surface area (Å²) >= 11 is 0. The van der Waals surface area contributed by atoms with Gasteiger partial charge < -0.3 is 14.8 Å². The lowest BCUT2D eigenvalue weighted by Crippen LogP contribution is -2.48. The summed E-state index contributed by atoms with van der Waals surface area (Å²) in [5, 5.41) is 3.45. The third kappa shape index (κ3) is 3.15. The molecule has 4 nitrogen and oxygen atoms in total. The summed E-state index contributed by atoms with van der Waals surface area (Å²) in [4.78, 5) is 2.45. The molecule has 1 saturated heterocycles. The molecule has 0 aliphatic carbocycles. The van der Waals surface area contributed by atoms with Crippen molar-refractivity contribution in [1.82, 2.24) is 10.2 Å². The number of ether oxygens (including phenoxy) is 2. The van der Waals surface area contributed by atoms with E-state index in [9.17, 15) is 0 Å². The van der Waals surface area contributed by atoms with Crippen molar-refractivity contribution in [3.63, 3.8) is 0 Å². The highest BCUT2D eigenvalue weighted by atomic mass is 16.5. The minimum absolute atomic E-state index is 0.558. The van der Waals surface area contributed by atoms with E-state index < -0.39 is 0 Å². The molecule has 4 heteroatoms. The van der Waals surface area contributed by atoms with Gasteiger partial charge in [0.05, 0.1) is 14.2 Å². The van der Waals surface area contributed by atoms with Gasteiger partial charge >= 0.3 is 0 Å². The van der Waals surface area contributed by atoms with Crippen LogP contribution in [-0.2, 0) is 6.54 Å². The van der Waals surface area contributed by atoms with E-state index in [0.29, 0.717) is 6.04 Å². The van der Waals surface area contributed by atoms with E-state index in [2.05, 4.69) is 23.2 Å². The van der Waals surface area contributed by atoms with Crippen LogP contribution < -0.4 is 14.8 Å². The third-order valence-corrected chi connectivity index (χ3v) is 3.34. The fourth-order valence-corrected chi connectivity index (χ4v) is 2.38. The van der Waals surface area contributed by atoms with Gasteiger partial charge in [-0.05, 0) is 13.0 Å². The molecule has 2 rings (SSSR count). The zero-order chi connectivity index (χ0) is 13.0. The van der Waals surface area contributed by atoms with Gasteiger partial charge in [-0.25, -0.2) is 0 Å². The van der Waals surface area contributed by atoms with Crippen molar-refractivity contribution in [3.8, 4) is 11.5 Å². The van der Waals surface area contributed by atoms with Gasteiger partial charge in [-0.15, -0.1) is 0 Å². The van der Waals surface area contributed by atoms with Gasteiger partial charge in [-0.1, -0.05) is 6.07 Å². The van der Waals surface area contributed by atoms with E-state index in [1.807, 2.05) is 12.1 Å². The predicted octanol–water partition coefficient (Wildman–Crippen LogP) is 1.50. The summed E-state index contributed by atoms with van der Waals surface area (Å²) in [5.41, 5.74) is 1.22. The van der Waals surface area contributed by atoms with Crippen molar-refractivity contribution >= 4 is 0 Å². The van der Waals surface area contributed by atoms with Crippen LogP contribution in [0.25, 0.3) is 0 Å². The van der Waals surface area contributed by atoms with Crippen LogP contribution in [0, 0.1) is 0 Å². The highest BCUT2D eigenvalue weighted by Crippen LogP contribution is 2.25. The normalized spacial score (nSPS) is 20.7. The molecule has 0 spiro atoms. The topological polar surface area (TPSA) is 33.7 Å². The lowest BCUT2D eigenvalue weighted by atomic mass is 10.1. The van der Waals surface area contributed by atoms with Crippen molar-refractivity contribution in [2.45, 2.75) is 19.5 Å². The molecule has 0 saturated carbocycles. The van der Waals surface area contributed by atoms with Gasteiger partial charge in [0.15, 0.2) is 0 Å². The van der Waals surface area contributed by atoms with Crippen LogP contribution in [0.3, 0.4) is 0 Å². The molecule has 0 radical (unpaired) electrons. The van der Waals surface area contributed by atoms with Crippen molar-refractivity contribution in [2.24, 2.45) is 0 Å². The molecule has 1 aromatic carbocycles. The van der Waals surface area contributed by atoms with Gasteiger partial charge in [0.25, 0.3) is 0 Å². The molecule has 1 N–H and O–H groups in total. The summed E-state index contributed by atoms with van der Waals surface area (Å²) < 4.78 is 10.6. The van der Waals surface area contributed by atoms with Gasteiger partial charge in [-0.3, -0.25) is 4.90 Å². The number of benzene rings is 1. The second kappa shape index (κ2) is 6.07. The largest absolute Gasteiger partial charge is 0.497 e. The summed E-state index contributed by atoms with van der Waals surface area (Å²) in [6.07, 6.45) is 0. The van der Waals surface area contributed by atoms with Crippen LogP contribution in [0.2, 0.25) is 0 Å². The van der Waals surface area contributed by atoms with E-state index >= 15 is 0 Å². The highest BCUT2D eigenvalue weighted by molar-refractivity contribution is 5.40. The van der Waals surface area contributed by atoms with E-state index in [1.165, 1.54) is 5.56 Å². The Labute approximate surface area is 109 Å². The quantitative estimate of drug-likeness (QED) is 0.878. The first-order valence-electron chi connectivity index (χ1n) is 6.39. The van der Waals surface area contributed by atoms with Crippen LogP contribution in [-0.4, -0.2) is 44.8 Å². The molecule has 1 aliphatic heterocycles. The lowest BCUT2D eigenvalue weighted by Gasteiger charge is -2.32. The molecular formula is C14H22N2O2. The third-order valence-electron chi connectivity index (χ3n) is 3.34. The monoisotopic (exact) mass is 250 g/mol. The number of rotatable bonds is 4. The zero-order valence-electron chi connectivity index (χ0n) is 11.4. The van der Waals surface area contributed by atoms with Gasteiger partial charge in [0.1, 0.15) is 11.5 Å². The Bertz CT molecular complexity index is 395. The van der Waals surface area contributed by atoms with Crippen LogP contribution in [0.1, 0.15) is 12.5 Å². The first-order chi connectivity index (χ1) is 8.72. The number of nitrogens with zero attached hydrogens (tertiary/aromatic N) is 1. The Kier molecular flexibility index (Phi) is 4.44. The average Bonchev–Trinajstić information content (AvgIpc) is 2.39. The van der Waals surface area contributed by atoms with Crippen LogP contribution in [0.15, 0.2) is 18.2 Å². The average molecular weight is 250 g/mol. The maximum atomic E-state index is 5.43. The Morgan fingerprint density at radius 1 is 1.33 bits per heavy atom. The summed E-state index contributed by atoms with van der Waals surface area (Å²) in [5.74, 6) is 1.74. The maximum absolute atomic E-state index is 5.43. The molecule has 1 unspecified atom stereocenters. The second-order valence-electron chi connectivity index (χ2n) is 4.77. The second-order valence-corrected chi connectivity index (χ2v) is 4.77. The van der Waals surface area contributed by atoms with Gasteiger partial charge in [-0.2, -0.15) is 0 Å². The molecule has 100 valence electrons. The fourth-order valence-electron chi connectivity index (χ4n) is 2.38. The smallest absolute Gasteiger partial charge is 0.127 e. The SMILES string of the molecule is COc1ccc(CN2CCNC(C)C2)c(OC)c1. The van der Waals surface area contributed by atoms with Crippen LogP contribution >= 0.6 is 0 Å². The number of methoxy groups -OCH3 is 2. The molecule has 0 aromatic heterocycles. The Balaban J connectivity index is 2.08. The van der Waals surface area contributed by atoms with E-state index in [4.69, 9.17) is 9.47 Å². The molecule has 0 amide bonds. The lowest BCUT2D eigenvalue weighted by molar-refractivity contribution is 0.197. The van der Waals surface area contributed by atoms with E-state index in [1.54, 1.807) is 14.2 Å². The number of nitrogens with one attached hydrogen (secondary N) is 1. The molecule has 18 heavy (non-hydrogen) atoms. The van der Waals surface area contributed by atoms with Crippen molar-refractivity contribution in [1.29, 1.82) is 0 Å². The molecule has 1 heterocycles. The standard InChI is InChI=1S/C14H22N2O2/c1-11-9-16(7-6-15-11)10-12-4-5-13(17-2)8-14(12)18-3/h4-5,8,11,15H,6-7,9-10H2,1-3H3. The van der Waals surface area contributed by atoms with Crippen LogP contribution in [0.5, 0.6) is 11.5 Å². The number of piperazine rings is 1. The molecule has 1 aliphatic rings. The first kappa shape index (κ1) is 13.2. The summed E-state index contributed by atoms with van der Waals surface area (Å²) in [6.45, 7) is 6.37. The minimum Gasteiger partial charge on any atom is -0.497 e. The molecule has 1 fully saturated rings. The zero-order valence-corrected chi connectivity index (χ0v) is 11.4. The molecule has 1 aromatic rings. The highest BCUT2D eigenvalue weighted by Gasteiger charge is 2.17. The summed E-state index contributed by atoms with van der Waals surface area (Å²) in [7, 11) is 3.38. The Morgan fingerprint density at radius 3 is 2.83 bits per heavy atom. The van der Waals surface area contributed by atoms with Crippen molar-refractivity contribution < 1.29 is 9.47 Å². The predicted molar refractivity (Wildman–Crippen MR) is 72.3 cm³/mol. The molecular weight excluding hydrogens is 228 g/mol. The molecule has 1 atom stereocenters. The van der Waals surface area contributed by atoms with Crippen molar-refractivity contribution in [3.05, 3.63) is 23.8 Å². The first-order valence-corrected chi connectivity index (χ1v) is 6.39. The minimum atomic E-state index is 0.558. The van der Waals surface area contributed by atoms with Crippen molar-refractivity contribution in [2.75, 3.05) is 33.9 Å². The molecule has 0 bridgehead atoms. The van der Waals surface area contributed by atoms with E-state index in [0.717, 1.165) is 37.7 Å².